The Kier molecular flexibility index (Phi) is 9.08. The summed E-state index contributed by atoms with van der Waals surface area (Å²) in [5, 5.41) is 0. The Morgan fingerprint density at radius 3 is 2.29 bits per heavy atom. The topological polar surface area (TPSA) is 75.2 Å². The molecule has 2 aliphatic heterocycles. The van der Waals surface area contributed by atoms with Crippen LogP contribution in [0.25, 0.3) is 0 Å². The van der Waals surface area contributed by atoms with Crippen molar-refractivity contribution < 1.29 is 19.1 Å². The molecule has 0 N–H and O–H groups in total. The second-order valence-corrected chi connectivity index (χ2v) is 9.28. The first-order valence-electron chi connectivity index (χ1n) is 12.6. The second-order valence-electron chi connectivity index (χ2n) is 9.28. The lowest BCUT2D eigenvalue weighted by Crippen LogP contribution is -2.50. The molecule has 0 atom stereocenters. The van der Waals surface area contributed by atoms with Gasteiger partial charge in [-0.15, -0.1) is 0 Å². The highest BCUT2D eigenvalue weighted by Crippen LogP contribution is 2.23. The van der Waals surface area contributed by atoms with Crippen molar-refractivity contribution in [2.24, 2.45) is 5.92 Å². The van der Waals surface area contributed by atoms with E-state index in [9.17, 15) is 9.59 Å². The first-order valence-corrected chi connectivity index (χ1v) is 12.6. The number of rotatable bonds is 9. The fourth-order valence-corrected chi connectivity index (χ4v) is 4.73. The highest BCUT2D eigenvalue weighted by molar-refractivity contribution is 5.89. The lowest BCUT2D eigenvalue weighted by Gasteiger charge is -2.38. The van der Waals surface area contributed by atoms with Crippen LogP contribution in [-0.4, -0.2) is 85.7 Å². The molecule has 0 unspecified atom stereocenters. The normalized spacial score (nSPS) is 17.8. The first-order chi connectivity index (χ1) is 17.1. The zero-order valence-electron chi connectivity index (χ0n) is 20.6. The van der Waals surface area contributed by atoms with Crippen LogP contribution in [0.2, 0.25) is 0 Å². The van der Waals surface area contributed by atoms with Crippen LogP contribution in [0.4, 0.5) is 5.82 Å². The van der Waals surface area contributed by atoms with Crippen LogP contribution >= 0.6 is 0 Å². The molecule has 0 saturated carbocycles. The number of piperidine rings is 1. The predicted molar refractivity (Wildman–Crippen MR) is 134 cm³/mol. The van der Waals surface area contributed by atoms with E-state index in [2.05, 4.69) is 19.7 Å². The van der Waals surface area contributed by atoms with Crippen molar-refractivity contribution in [3.05, 3.63) is 59.8 Å². The number of ether oxygens (including phenoxy) is 2. The lowest BCUT2D eigenvalue weighted by molar-refractivity contribution is -0.144. The van der Waals surface area contributed by atoms with E-state index in [4.69, 9.17) is 9.47 Å². The summed E-state index contributed by atoms with van der Waals surface area (Å²) in [5.41, 5.74) is 1.44. The molecular weight excluding hydrogens is 444 g/mol. The number of carbonyl (C=O) groups is 2. The summed E-state index contributed by atoms with van der Waals surface area (Å²) in [4.78, 5) is 35.6. The SMILES string of the molecule is CCOC(=O)CN1CCN(CC2CCN(c3ccc(C(=O)OCc4ccccc4)cn3)CC2)CC1. The minimum atomic E-state index is -0.353. The van der Waals surface area contributed by atoms with Gasteiger partial charge in [0.15, 0.2) is 0 Å². The number of hydrogen-bond donors (Lipinski definition) is 0. The van der Waals surface area contributed by atoms with Crippen LogP contribution in [-0.2, 0) is 20.9 Å². The van der Waals surface area contributed by atoms with E-state index < -0.39 is 0 Å². The highest BCUT2D eigenvalue weighted by atomic mass is 16.5. The van der Waals surface area contributed by atoms with Crippen LogP contribution in [0, 0.1) is 5.92 Å². The molecule has 2 aromatic rings. The molecule has 0 amide bonds. The summed E-state index contributed by atoms with van der Waals surface area (Å²) in [7, 11) is 0. The van der Waals surface area contributed by atoms with Crippen molar-refractivity contribution in [1.29, 1.82) is 0 Å². The van der Waals surface area contributed by atoms with Crippen molar-refractivity contribution in [3.8, 4) is 0 Å². The Labute approximate surface area is 207 Å². The Morgan fingerprint density at radius 2 is 1.63 bits per heavy atom. The molecule has 3 heterocycles. The lowest BCUT2D eigenvalue weighted by atomic mass is 9.96. The number of aromatic nitrogens is 1. The Bertz CT molecular complexity index is 937. The summed E-state index contributed by atoms with van der Waals surface area (Å²) in [6.07, 6.45) is 3.88. The molecule has 0 bridgehead atoms. The van der Waals surface area contributed by atoms with E-state index in [1.165, 1.54) is 0 Å². The molecule has 1 aromatic heterocycles. The zero-order valence-corrected chi connectivity index (χ0v) is 20.6. The Morgan fingerprint density at radius 1 is 0.914 bits per heavy atom. The van der Waals surface area contributed by atoms with Gasteiger partial charge in [0.1, 0.15) is 12.4 Å². The number of esters is 2. The third-order valence-electron chi connectivity index (χ3n) is 6.77. The average Bonchev–Trinajstić information content (AvgIpc) is 2.90. The molecule has 2 aliphatic rings. The van der Waals surface area contributed by atoms with Crippen LogP contribution < -0.4 is 4.90 Å². The molecule has 35 heavy (non-hydrogen) atoms. The van der Waals surface area contributed by atoms with Gasteiger partial charge in [-0.25, -0.2) is 9.78 Å². The number of benzene rings is 1. The second kappa shape index (κ2) is 12.7. The van der Waals surface area contributed by atoms with E-state index in [0.717, 1.165) is 70.0 Å². The van der Waals surface area contributed by atoms with Gasteiger partial charge in [-0.2, -0.15) is 0 Å². The number of nitrogens with zero attached hydrogens (tertiary/aromatic N) is 4. The monoisotopic (exact) mass is 480 g/mol. The summed E-state index contributed by atoms with van der Waals surface area (Å²) in [5.74, 6) is 1.11. The standard InChI is InChI=1S/C27H36N4O4/c1-2-34-26(32)20-30-16-14-29(15-17-30)19-22-10-12-31(13-11-22)25-9-8-24(18-28-25)27(33)35-21-23-6-4-3-5-7-23/h3-9,18,22H,2,10-17,19-21H2,1H3. The van der Waals surface area contributed by atoms with Gasteiger partial charge in [0.25, 0.3) is 0 Å². The number of anilines is 1. The zero-order chi connectivity index (χ0) is 24.5. The summed E-state index contributed by atoms with van der Waals surface area (Å²) >= 11 is 0. The van der Waals surface area contributed by atoms with Gasteiger partial charge in [0.2, 0.25) is 0 Å². The molecule has 2 saturated heterocycles. The van der Waals surface area contributed by atoms with E-state index in [1.54, 1.807) is 12.3 Å². The summed E-state index contributed by atoms with van der Waals surface area (Å²) < 4.78 is 10.5. The molecule has 0 radical (unpaired) electrons. The van der Waals surface area contributed by atoms with Gasteiger partial charge < -0.3 is 19.3 Å². The van der Waals surface area contributed by atoms with Crippen molar-refractivity contribution >= 4 is 17.8 Å². The Balaban J connectivity index is 1.16. The maximum absolute atomic E-state index is 12.3. The van der Waals surface area contributed by atoms with E-state index in [-0.39, 0.29) is 18.5 Å². The Hall–Kier alpha value is -2.97. The minimum absolute atomic E-state index is 0.126. The summed E-state index contributed by atoms with van der Waals surface area (Å²) in [6.45, 7) is 9.84. The molecule has 4 rings (SSSR count). The average molecular weight is 481 g/mol. The smallest absolute Gasteiger partial charge is 0.340 e. The van der Waals surface area contributed by atoms with Crippen molar-refractivity contribution in [2.75, 3.05) is 63.9 Å². The van der Waals surface area contributed by atoms with E-state index >= 15 is 0 Å². The quantitative estimate of drug-likeness (QED) is 0.508. The van der Waals surface area contributed by atoms with Crippen LogP contribution in [0.15, 0.2) is 48.7 Å². The first kappa shape index (κ1) is 25.1. The van der Waals surface area contributed by atoms with Gasteiger partial charge in [0, 0.05) is 52.0 Å². The van der Waals surface area contributed by atoms with Crippen molar-refractivity contribution in [3.63, 3.8) is 0 Å². The molecule has 8 nitrogen and oxygen atoms in total. The van der Waals surface area contributed by atoms with Gasteiger partial charge in [0.05, 0.1) is 18.7 Å². The molecule has 0 aliphatic carbocycles. The maximum Gasteiger partial charge on any atom is 0.340 e. The molecule has 1 aromatic carbocycles. The van der Waals surface area contributed by atoms with Crippen LogP contribution in [0.5, 0.6) is 0 Å². The van der Waals surface area contributed by atoms with Gasteiger partial charge in [-0.05, 0) is 43.4 Å². The summed E-state index contributed by atoms with van der Waals surface area (Å²) in [6, 6.07) is 13.4. The van der Waals surface area contributed by atoms with Gasteiger partial charge >= 0.3 is 11.9 Å². The van der Waals surface area contributed by atoms with E-state index in [0.29, 0.717) is 24.6 Å². The fraction of sp³-hybridized carbons (Fsp3) is 0.519. The van der Waals surface area contributed by atoms with Gasteiger partial charge in [-0.1, -0.05) is 30.3 Å². The number of hydrogen-bond acceptors (Lipinski definition) is 8. The van der Waals surface area contributed by atoms with E-state index in [1.807, 2.05) is 43.3 Å². The van der Waals surface area contributed by atoms with Gasteiger partial charge in [-0.3, -0.25) is 9.69 Å². The number of carbonyl (C=O) groups excluding carboxylic acids is 2. The molecule has 0 spiro atoms. The third kappa shape index (κ3) is 7.50. The molecule has 8 heteroatoms. The molecule has 2 fully saturated rings. The third-order valence-corrected chi connectivity index (χ3v) is 6.77. The molecular formula is C27H36N4O4. The molecule has 188 valence electrons. The highest BCUT2D eigenvalue weighted by Gasteiger charge is 2.25. The number of piperazine rings is 1. The largest absolute Gasteiger partial charge is 0.465 e. The fourth-order valence-electron chi connectivity index (χ4n) is 4.73. The predicted octanol–water partition coefficient (Wildman–Crippen LogP) is 2.84. The van der Waals surface area contributed by atoms with Crippen LogP contribution in [0.1, 0.15) is 35.7 Å². The minimum Gasteiger partial charge on any atom is -0.465 e. The van der Waals surface area contributed by atoms with Crippen LogP contribution in [0.3, 0.4) is 0 Å². The maximum atomic E-state index is 12.3. The number of pyridine rings is 1. The van der Waals surface area contributed by atoms with Crippen molar-refractivity contribution in [2.45, 2.75) is 26.4 Å². The van der Waals surface area contributed by atoms with Crippen molar-refractivity contribution in [1.82, 2.24) is 14.8 Å².